The zero-order valence-electron chi connectivity index (χ0n) is 17.5. The smallest absolute Gasteiger partial charge is 0.254 e. The van der Waals surface area contributed by atoms with E-state index in [2.05, 4.69) is 10.6 Å². The largest absolute Gasteiger partial charge is 0.350 e. The lowest BCUT2D eigenvalue weighted by atomic mass is 9.91. The summed E-state index contributed by atoms with van der Waals surface area (Å²) in [4.78, 5) is 41.1. The minimum absolute atomic E-state index is 0.200. The van der Waals surface area contributed by atoms with Crippen molar-refractivity contribution in [1.82, 2.24) is 15.5 Å². The Bertz CT molecular complexity index is 1190. The quantitative estimate of drug-likeness (QED) is 0.677. The summed E-state index contributed by atoms with van der Waals surface area (Å²) in [5.74, 6) is -0.774. The molecule has 2 aliphatic rings. The summed E-state index contributed by atoms with van der Waals surface area (Å²) < 4.78 is 0. The van der Waals surface area contributed by atoms with Crippen molar-refractivity contribution in [1.29, 1.82) is 0 Å². The topological polar surface area (TPSA) is 78.5 Å². The second kappa shape index (κ2) is 8.30. The van der Waals surface area contributed by atoms with Crippen molar-refractivity contribution in [3.05, 3.63) is 107 Å². The van der Waals surface area contributed by atoms with Crippen LogP contribution >= 0.6 is 0 Å². The molecule has 6 heteroatoms. The van der Waals surface area contributed by atoms with Crippen LogP contribution in [0.5, 0.6) is 0 Å². The Kier molecular flexibility index (Phi) is 5.19. The number of nitrogens with one attached hydrogen (secondary N) is 2. The summed E-state index contributed by atoms with van der Waals surface area (Å²) in [6.45, 7) is 0.784. The van der Waals surface area contributed by atoms with E-state index >= 15 is 0 Å². The molecule has 6 nitrogen and oxygen atoms in total. The van der Waals surface area contributed by atoms with Crippen molar-refractivity contribution in [2.24, 2.45) is 0 Å². The number of rotatable bonds is 3. The predicted molar refractivity (Wildman–Crippen MR) is 119 cm³/mol. The molecule has 3 aromatic rings. The summed E-state index contributed by atoms with van der Waals surface area (Å²) in [6.07, 6.45) is 0.399. The molecular formula is C26H23N3O3. The zero-order valence-corrected chi connectivity index (χ0v) is 17.5. The number of benzene rings is 3. The van der Waals surface area contributed by atoms with Crippen molar-refractivity contribution in [2.75, 3.05) is 0 Å². The number of amides is 3. The first kappa shape index (κ1) is 20.0. The van der Waals surface area contributed by atoms with Crippen molar-refractivity contribution in [3.63, 3.8) is 0 Å². The van der Waals surface area contributed by atoms with Gasteiger partial charge in [-0.15, -0.1) is 0 Å². The average molecular weight is 425 g/mol. The lowest BCUT2D eigenvalue weighted by molar-refractivity contribution is -0.132. The minimum Gasteiger partial charge on any atom is -0.350 e. The average Bonchev–Trinajstić information content (AvgIpc) is 2.85. The first-order valence-electron chi connectivity index (χ1n) is 10.7. The van der Waals surface area contributed by atoms with Crippen molar-refractivity contribution in [2.45, 2.75) is 31.6 Å². The van der Waals surface area contributed by atoms with E-state index < -0.39 is 12.1 Å². The summed E-state index contributed by atoms with van der Waals surface area (Å²) >= 11 is 0. The number of carbonyl (C=O) groups is 3. The molecule has 0 spiro atoms. The van der Waals surface area contributed by atoms with Gasteiger partial charge in [-0.05, 0) is 34.4 Å². The maximum absolute atomic E-state index is 13.5. The molecule has 2 heterocycles. The second-order valence-corrected chi connectivity index (χ2v) is 8.15. The standard InChI is InChI=1S/C26H23N3O3/c30-24(28-23-21-13-7-6-11-19(21)15-27-25(23)31)22-14-18-10-4-5-12-20(18)16-29(22)26(32)17-8-2-1-3-9-17/h1-13,22-23H,14-16H2,(H,27,31)(H,28,30). The molecule has 2 aliphatic heterocycles. The van der Waals surface area contributed by atoms with Crippen LogP contribution < -0.4 is 10.6 Å². The third-order valence-corrected chi connectivity index (χ3v) is 6.20. The van der Waals surface area contributed by atoms with Gasteiger partial charge in [0.2, 0.25) is 11.8 Å². The summed E-state index contributed by atoms with van der Waals surface area (Å²) in [5, 5.41) is 5.75. The summed E-state index contributed by atoms with van der Waals surface area (Å²) in [7, 11) is 0. The molecule has 3 aromatic carbocycles. The minimum atomic E-state index is -0.779. The van der Waals surface area contributed by atoms with E-state index in [0.29, 0.717) is 25.1 Å². The molecule has 0 fully saturated rings. The van der Waals surface area contributed by atoms with Crippen molar-refractivity contribution < 1.29 is 14.4 Å². The first-order chi connectivity index (χ1) is 15.6. The SMILES string of the molecule is O=C1NCc2ccccc2C1NC(=O)C1Cc2ccccc2CN1C(=O)c1ccccc1. The van der Waals surface area contributed by atoms with Crippen LogP contribution in [0.2, 0.25) is 0 Å². The van der Waals surface area contributed by atoms with Crippen LogP contribution in [0.15, 0.2) is 78.9 Å². The molecule has 0 saturated carbocycles. The summed E-state index contributed by atoms with van der Waals surface area (Å²) in [6, 6.07) is 22.9. The summed E-state index contributed by atoms with van der Waals surface area (Å²) in [5.41, 5.74) is 4.37. The highest BCUT2D eigenvalue weighted by Gasteiger charge is 2.37. The maximum atomic E-state index is 13.5. The van der Waals surface area contributed by atoms with Gasteiger partial charge >= 0.3 is 0 Å². The van der Waals surface area contributed by atoms with Crippen LogP contribution in [0, 0.1) is 0 Å². The monoisotopic (exact) mass is 425 g/mol. The van der Waals surface area contributed by atoms with Crippen LogP contribution in [-0.2, 0) is 29.1 Å². The number of carbonyl (C=O) groups excluding carboxylic acids is 3. The molecule has 32 heavy (non-hydrogen) atoms. The number of fused-ring (bicyclic) bond motifs is 2. The normalized spacial score (nSPS) is 19.4. The fourth-order valence-electron chi connectivity index (χ4n) is 4.50. The second-order valence-electron chi connectivity index (χ2n) is 8.15. The molecular weight excluding hydrogens is 402 g/mol. The van der Waals surface area contributed by atoms with Crippen LogP contribution in [0.25, 0.3) is 0 Å². The zero-order chi connectivity index (χ0) is 22.1. The number of nitrogens with zero attached hydrogens (tertiary/aromatic N) is 1. The molecule has 2 unspecified atom stereocenters. The number of hydrogen-bond acceptors (Lipinski definition) is 3. The molecule has 160 valence electrons. The van der Waals surface area contributed by atoms with Gasteiger partial charge in [0.15, 0.2) is 0 Å². The van der Waals surface area contributed by atoms with Gasteiger partial charge in [0.05, 0.1) is 0 Å². The third-order valence-electron chi connectivity index (χ3n) is 6.20. The molecule has 0 radical (unpaired) electrons. The molecule has 3 amide bonds. The van der Waals surface area contributed by atoms with Gasteiger partial charge in [0.1, 0.15) is 12.1 Å². The van der Waals surface area contributed by atoms with E-state index in [1.807, 2.05) is 66.7 Å². The van der Waals surface area contributed by atoms with Gasteiger partial charge in [0, 0.05) is 25.1 Å². The molecule has 5 rings (SSSR count). The molecule has 2 atom stereocenters. The highest BCUT2D eigenvalue weighted by molar-refractivity contribution is 5.99. The Labute approximate surface area is 186 Å². The van der Waals surface area contributed by atoms with Gasteiger partial charge in [-0.25, -0.2) is 0 Å². The predicted octanol–water partition coefficient (Wildman–Crippen LogP) is 2.74. The van der Waals surface area contributed by atoms with Crippen LogP contribution in [0.4, 0.5) is 0 Å². The highest BCUT2D eigenvalue weighted by Crippen LogP contribution is 2.27. The fraction of sp³-hybridized carbons (Fsp3) is 0.192. The van der Waals surface area contributed by atoms with Crippen LogP contribution in [0.3, 0.4) is 0 Å². The fourth-order valence-corrected chi connectivity index (χ4v) is 4.50. The van der Waals surface area contributed by atoms with E-state index in [1.54, 1.807) is 17.0 Å². The highest BCUT2D eigenvalue weighted by atomic mass is 16.2. The van der Waals surface area contributed by atoms with Crippen LogP contribution in [-0.4, -0.2) is 28.7 Å². The van der Waals surface area contributed by atoms with Crippen molar-refractivity contribution >= 4 is 17.7 Å². The Hall–Kier alpha value is -3.93. The lowest BCUT2D eigenvalue weighted by Gasteiger charge is -2.37. The Balaban J connectivity index is 1.46. The Morgan fingerprint density at radius 3 is 2.28 bits per heavy atom. The van der Waals surface area contributed by atoms with E-state index in [4.69, 9.17) is 0 Å². The lowest BCUT2D eigenvalue weighted by Crippen LogP contribution is -2.55. The Morgan fingerprint density at radius 2 is 1.50 bits per heavy atom. The molecule has 0 aromatic heterocycles. The Morgan fingerprint density at radius 1 is 0.844 bits per heavy atom. The van der Waals surface area contributed by atoms with Gasteiger partial charge in [-0.1, -0.05) is 66.7 Å². The molecule has 0 aliphatic carbocycles. The first-order valence-corrected chi connectivity index (χ1v) is 10.7. The van der Waals surface area contributed by atoms with Crippen molar-refractivity contribution in [3.8, 4) is 0 Å². The van der Waals surface area contributed by atoms with E-state index in [9.17, 15) is 14.4 Å². The van der Waals surface area contributed by atoms with E-state index in [0.717, 1.165) is 22.3 Å². The van der Waals surface area contributed by atoms with Gasteiger partial charge < -0.3 is 15.5 Å². The van der Waals surface area contributed by atoms with E-state index in [-0.39, 0.29) is 17.7 Å². The third kappa shape index (κ3) is 3.64. The van der Waals surface area contributed by atoms with Gasteiger partial charge in [-0.2, -0.15) is 0 Å². The van der Waals surface area contributed by atoms with Crippen LogP contribution in [0.1, 0.15) is 38.7 Å². The molecule has 0 saturated heterocycles. The number of hydrogen-bond donors (Lipinski definition) is 2. The van der Waals surface area contributed by atoms with E-state index in [1.165, 1.54) is 0 Å². The molecule has 2 N–H and O–H groups in total. The van der Waals surface area contributed by atoms with Gasteiger partial charge in [-0.3, -0.25) is 14.4 Å². The maximum Gasteiger partial charge on any atom is 0.254 e. The van der Waals surface area contributed by atoms with Gasteiger partial charge in [0.25, 0.3) is 5.91 Å². The molecule has 0 bridgehead atoms.